The molecule has 7 nitrogen and oxygen atoms in total. The second kappa shape index (κ2) is 8.02. The smallest absolute Gasteiger partial charge is 0.296 e. The van der Waals surface area contributed by atoms with Gasteiger partial charge in [0.15, 0.2) is 0 Å². The van der Waals surface area contributed by atoms with Crippen LogP contribution in [0.25, 0.3) is 16.7 Å². The number of hydrogen-bond acceptors (Lipinski definition) is 5. The van der Waals surface area contributed by atoms with Gasteiger partial charge in [-0.05, 0) is 30.3 Å². The number of fused-ring (bicyclic) bond motifs is 1. The van der Waals surface area contributed by atoms with Crippen LogP contribution in [0.2, 0.25) is 0 Å². The predicted octanol–water partition coefficient (Wildman–Crippen LogP) is 4.40. The van der Waals surface area contributed by atoms with Crippen LogP contribution in [0.1, 0.15) is 22.9 Å². The molecule has 0 saturated carbocycles. The number of nitrogens with zero attached hydrogens (tertiary/aromatic N) is 2. The summed E-state index contributed by atoms with van der Waals surface area (Å²) in [5.74, 6) is -0.766. The van der Waals surface area contributed by atoms with E-state index in [9.17, 15) is 14.7 Å². The minimum Gasteiger partial charge on any atom is -0.507 e. The van der Waals surface area contributed by atoms with Gasteiger partial charge in [-0.15, -0.1) is 0 Å². The molecule has 7 heteroatoms. The predicted molar refractivity (Wildman–Crippen MR) is 122 cm³/mol. The minimum atomic E-state index is -0.800. The highest BCUT2D eigenvalue weighted by atomic mass is 16.5. The van der Waals surface area contributed by atoms with Crippen molar-refractivity contribution in [3.05, 3.63) is 95.6 Å². The number of aryl methyl sites for hydroxylation is 1. The molecule has 0 radical (unpaired) electrons. The fourth-order valence-corrected chi connectivity index (χ4v) is 4.51. The van der Waals surface area contributed by atoms with Crippen LogP contribution < -0.4 is 4.74 Å². The molecule has 4 aromatic rings. The lowest BCUT2D eigenvalue weighted by molar-refractivity contribution is -0.140. The molecule has 0 bridgehead atoms. The van der Waals surface area contributed by atoms with E-state index in [1.54, 1.807) is 36.4 Å². The number of carbonyl (C=O) groups excluding carboxylic acids is 2. The van der Waals surface area contributed by atoms with Crippen molar-refractivity contribution in [2.24, 2.45) is 7.05 Å². The third-order valence-corrected chi connectivity index (χ3v) is 6.03. The Balaban J connectivity index is 1.76. The van der Waals surface area contributed by atoms with Crippen molar-refractivity contribution in [3.63, 3.8) is 0 Å². The van der Waals surface area contributed by atoms with Crippen molar-refractivity contribution in [2.75, 3.05) is 7.11 Å². The first-order valence-electron chi connectivity index (χ1n) is 10.5. The van der Waals surface area contributed by atoms with Gasteiger partial charge >= 0.3 is 0 Å². The van der Waals surface area contributed by atoms with E-state index in [1.165, 1.54) is 18.3 Å². The summed E-state index contributed by atoms with van der Waals surface area (Å²) in [4.78, 5) is 28.0. The number of aliphatic hydroxyl groups is 1. The van der Waals surface area contributed by atoms with Crippen LogP contribution in [0.4, 0.5) is 0 Å². The van der Waals surface area contributed by atoms with Gasteiger partial charge in [-0.25, -0.2) is 0 Å². The van der Waals surface area contributed by atoms with Gasteiger partial charge in [0.05, 0.1) is 37.1 Å². The topological polar surface area (TPSA) is 84.9 Å². The van der Waals surface area contributed by atoms with Crippen molar-refractivity contribution in [1.29, 1.82) is 0 Å². The highest BCUT2D eigenvalue weighted by Gasteiger charge is 2.47. The van der Waals surface area contributed by atoms with E-state index in [0.29, 0.717) is 17.1 Å². The van der Waals surface area contributed by atoms with Crippen LogP contribution >= 0.6 is 0 Å². The lowest BCUT2D eigenvalue weighted by Crippen LogP contribution is -2.29. The molecule has 1 fully saturated rings. The highest BCUT2D eigenvalue weighted by molar-refractivity contribution is 6.46. The Morgan fingerprint density at radius 1 is 1.06 bits per heavy atom. The van der Waals surface area contributed by atoms with Gasteiger partial charge in [0.2, 0.25) is 0 Å². The van der Waals surface area contributed by atoms with Gasteiger partial charge in [-0.3, -0.25) is 9.59 Å². The molecular weight excluding hydrogens is 420 g/mol. The van der Waals surface area contributed by atoms with Gasteiger partial charge in [-0.1, -0.05) is 30.3 Å². The molecule has 2 aromatic heterocycles. The molecule has 1 aliphatic heterocycles. The monoisotopic (exact) mass is 442 g/mol. The fraction of sp³-hybridized carbons (Fsp3) is 0.154. The Kier molecular flexibility index (Phi) is 5.01. The lowest BCUT2D eigenvalue weighted by Gasteiger charge is -2.24. The fourth-order valence-electron chi connectivity index (χ4n) is 4.51. The van der Waals surface area contributed by atoms with Crippen LogP contribution in [-0.2, 0) is 23.2 Å². The van der Waals surface area contributed by atoms with Crippen LogP contribution in [0.15, 0.2) is 83.1 Å². The Labute approximate surface area is 190 Å². The normalized spacial score (nSPS) is 17.8. The number of likely N-dealkylation sites (tertiary alicyclic amines) is 1. The standard InChI is InChI=1S/C26H22N2O5/c1-27-15-19(17-9-3-5-11-20(17)27)23-22(24(29)18-10-4-6-12-21(18)32-2)25(30)26(31)28(23)14-16-8-7-13-33-16/h3-13,15,23,29H,14H2,1-2H3/b24-22+. The van der Waals surface area contributed by atoms with E-state index >= 15 is 0 Å². The minimum absolute atomic E-state index is 0.0207. The van der Waals surface area contributed by atoms with Crippen LogP contribution in [0, 0.1) is 0 Å². The number of ether oxygens (including phenoxy) is 1. The Morgan fingerprint density at radius 3 is 2.58 bits per heavy atom. The molecule has 1 amide bonds. The molecule has 0 spiro atoms. The molecule has 1 saturated heterocycles. The summed E-state index contributed by atoms with van der Waals surface area (Å²) in [5, 5.41) is 12.2. The molecule has 1 unspecified atom stereocenters. The van der Waals surface area contributed by atoms with Crippen LogP contribution in [-0.4, -0.2) is 33.4 Å². The summed E-state index contributed by atoms with van der Waals surface area (Å²) in [5.41, 5.74) is 2.07. The molecule has 1 atom stereocenters. The number of carbonyl (C=O) groups is 2. The molecular formula is C26H22N2O5. The van der Waals surface area contributed by atoms with E-state index in [-0.39, 0.29) is 17.9 Å². The van der Waals surface area contributed by atoms with E-state index in [0.717, 1.165) is 16.5 Å². The van der Waals surface area contributed by atoms with Crippen molar-refractivity contribution in [1.82, 2.24) is 9.47 Å². The average molecular weight is 442 g/mol. The summed E-state index contributed by atoms with van der Waals surface area (Å²) >= 11 is 0. The van der Waals surface area contributed by atoms with E-state index < -0.39 is 17.7 Å². The van der Waals surface area contributed by atoms with E-state index in [4.69, 9.17) is 9.15 Å². The van der Waals surface area contributed by atoms with Gasteiger partial charge in [0.25, 0.3) is 11.7 Å². The zero-order valence-electron chi connectivity index (χ0n) is 18.2. The van der Waals surface area contributed by atoms with Gasteiger partial charge < -0.3 is 23.7 Å². The first kappa shape index (κ1) is 20.6. The number of furan rings is 1. The first-order valence-corrected chi connectivity index (χ1v) is 10.5. The van der Waals surface area contributed by atoms with Crippen LogP contribution in [0.3, 0.4) is 0 Å². The lowest BCUT2D eigenvalue weighted by atomic mass is 9.94. The number of methoxy groups -OCH3 is 1. The number of rotatable bonds is 5. The summed E-state index contributed by atoms with van der Waals surface area (Å²) in [6, 6.07) is 17.3. The zero-order chi connectivity index (χ0) is 23.1. The highest BCUT2D eigenvalue weighted by Crippen LogP contribution is 2.44. The molecule has 1 aliphatic rings. The van der Waals surface area contributed by atoms with Gasteiger partial charge in [0, 0.05) is 29.7 Å². The number of benzene rings is 2. The number of amides is 1. The van der Waals surface area contributed by atoms with Crippen molar-refractivity contribution >= 4 is 28.4 Å². The summed E-state index contributed by atoms with van der Waals surface area (Å²) in [7, 11) is 3.40. The molecule has 5 rings (SSSR count). The second-order valence-electron chi connectivity index (χ2n) is 7.92. The van der Waals surface area contributed by atoms with Gasteiger partial charge in [-0.2, -0.15) is 0 Å². The molecule has 0 aliphatic carbocycles. The number of aromatic nitrogens is 1. The maximum atomic E-state index is 13.3. The maximum absolute atomic E-state index is 13.3. The number of ketones is 1. The first-order chi connectivity index (χ1) is 16.0. The van der Waals surface area contributed by atoms with Gasteiger partial charge in [0.1, 0.15) is 17.3 Å². The third-order valence-electron chi connectivity index (χ3n) is 6.03. The Bertz CT molecular complexity index is 1400. The molecule has 33 heavy (non-hydrogen) atoms. The van der Waals surface area contributed by atoms with Crippen LogP contribution in [0.5, 0.6) is 5.75 Å². The van der Waals surface area contributed by atoms with E-state index in [2.05, 4.69) is 0 Å². The number of Topliss-reactive ketones (excluding diaryl/α,β-unsaturated/α-hetero) is 1. The van der Waals surface area contributed by atoms with Crippen molar-refractivity contribution in [2.45, 2.75) is 12.6 Å². The summed E-state index contributed by atoms with van der Waals surface area (Å²) in [6.07, 6.45) is 3.42. The van der Waals surface area contributed by atoms with E-state index in [1.807, 2.05) is 42.1 Å². The molecule has 3 heterocycles. The maximum Gasteiger partial charge on any atom is 0.296 e. The molecule has 2 aromatic carbocycles. The quantitative estimate of drug-likeness (QED) is 0.281. The average Bonchev–Trinajstić information content (AvgIpc) is 3.53. The zero-order valence-corrected chi connectivity index (χ0v) is 18.2. The molecule has 1 N–H and O–H groups in total. The summed E-state index contributed by atoms with van der Waals surface area (Å²) in [6.45, 7) is 0.0914. The van der Waals surface area contributed by atoms with Crippen molar-refractivity contribution < 1.29 is 23.8 Å². The number of para-hydroxylation sites is 2. The summed E-state index contributed by atoms with van der Waals surface area (Å²) < 4.78 is 12.8. The number of hydrogen-bond donors (Lipinski definition) is 1. The number of aliphatic hydroxyl groups excluding tert-OH is 1. The third kappa shape index (κ3) is 3.29. The Morgan fingerprint density at radius 2 is 1.82 bits per heavy atom. The Hall–Kier alpha value is -4.26. The second-order valence-corrected chi connectivity index (χ2v) is 7.92. The molecule has 166 valence electrons. The van der Waals surface area contributed by atoms with Crippen molar-refractivity contribution in [3.8, 4) is 5.75 Å². The SMILES string of the molecule is COc1ccccc1/C(O)=C1\C(=O)C(=O)N(Cc2ccco2)C1c1cn(C)c2ccccc12. The largest absolute Gasteiger partial charge is 0.507 e.